The molecular formula is C26H35N5OS2. The summed E-state index contributed by atoms with van der Waals surface area (Å²) in [4.78, 5) is 21.5. The third-order valence-corrected chi connectivity index (χ3v) is 8.01. The van der Waals surface area contributed by atoms with Crippen LogP contribution in [-0.2, 0) is 0 Å². The van der Waals surface area contributed by atoms with Crippen molar-refractivity contribution in [3.8, 4) is 0 Å². The fourth-order valence-electron chi connectivity index (χ4n) is 4.51. The second kappa shape index (κ2) is 11.8. The van der Waals surface area contributed by atoms with Crippen molar-refractivity contribution in [2.24, 2.45) is 0 Å². The van der Waals surface area contributed by atoms with Crippen molar-refractivity contribution in [2.45, 2.75) is 50.9 Å². The van der Waals surface area contributed by atoms with Crippen molar-refractivity contribution >= 4 is 45.9 Å². The summed E-state index contributed by atoms with van der Waals surface area (Å²) in [5.74, 6) is 0.333. The van der Waals surface area contributed by atoms with E-state index >= 15 is 0 Å². The van der Waals surface area contributed by atoms with Gasteiger partial charge in [-0.3, -0.25) is 4.79 Å². The molecule has 0 radical (unpaired) electrons. The summed E-state index contributed by atoms with van der Waals surface area (Å²) in [6.45, 7) is 2.48. The zero-order valence-corrected chi connectivity index (χ0v) is 21.8. The van der Waals surface area contributed by atoms with Crippen molar-refractivity contribution in [2.75, 3.05) is 43.9 Å². The van der Waals surface area contributed by atoms with E-state index < -0.39 is 0 Å². The minimum Gasteiger partial charge on any atom is -0.378 e. The number of carbonyl (C=O) groups excluding carboxylic acids is 1. The fourth-order valence-corrected chi connectivity index (χ4v) is 5.78. The van der Waals surface area contributed by atoms with Crippen molar-refractivity contribution in [3.63, 3.8) is 0 Å². The first kappa shape index (κ1) is 24.7. The highest BCUT2D eigenvalue weighted by molar-refractivity contribution is 7.80. The molecule has 1 aliphatic heterocycles. The van der Waals surface area contributed by atoms with Gasteiger partial charge in [0.15, 0.2) is 5.11 Å². The number of thiocarbonyl (C=S) groups is 1. The smallest absolute Gasteiger partial charge is 0.270 e. The molecule has 0 atom stereocenters. The minimum absolute atomic E-state index is 0.0537. The lowest BCUT2D eigenvalue weighted by Crippen LogP contribution is -2.40. The lowest BCUT2D eigenvalue weighted by Gasteiger charge is -2.33. The van der Waals surface area contributed by atoms with Gasteiger partial charge in [-0.05, 0) is 81.4 Å². The molecule has 1 saturated heterocycles. The first-order valence-electron chi connectivity index (χ1n) is 12.2. The van der Waals surface area contributed by atoms with Gasteiger partial charge in [0.25, 0.3) is 5.91 Å². The van der Waals surface area contributed by atoms with Gasteiger partial charge < -0.3 is 20.4 Å². The molecule has 1 fully saturated rings. The fraction of sp³-hybridized carbons (Fsp3) is 0.500. The number of carbonyl (C=O) groups is 1. The second-order valence-corrected chi connectivity index (χ2v) is 10.6. The number of aromatic nitrogens is 1. The molecule has 0 unspecified atom stereocenters. The predicted octanol–water partition coefficient (Wildman–Crippen LogP) is 5.41. The number of benzene rings is 1. The average Bonchev–Trinajstić information content (AvgIpc) is 3.36. The minimum atomic E-state index is -0.0537. The van der Waals surface area contributed by atoms with Crippen LogP contribution in [-0.4, -0.2) is 54.6 Å². The third kappa shape index (κ3) is 6.57. The number of amides is 1. The molecule has 2 N–H and O–H groups in total. The molecule has 2 aromatic rings. The number of nitrogens with zero attached hydrogens (tertiary/aromatic N) is 3. The lowest BCUT2D eigenvalue weighted by atomic mass is 9.97. The summed E-state index contributed by atoms with van der Waals surface area (Å²) in [6, 6.07) is 8.28. The normalized spacial score (nSPS) is 16.6. The van der Waals surface area contributed by atoms with E-state index in [1.54, 1.807) is 11.3 Å². The summed E-state index contributed by atoms with van der Waals surface area (Å²) in [6.07, 6.45) is 10.2. The van der Waals surface area contributed by atoms with E-state index in [0.29, 0.717) is 18.2 Å². The molecule has 0 saturated carbocycles. The summed E-state index contributed by atoms with van der Waals surface area (Å²) < 4.78 is 0. The van der Waals surface area contributed by atoms with Crippen LogP contribution in [0, 0.1) is 0 Å². The summed E-state index contributed by atoms with van der Waals surface area (Å²) >= 11 is 7.26. The van der Waals surface area contributed by atoms with Crippen LogP contribution < -0.4 is 15.5 Å². The van der Waals surface area contributed by atoms with Gasteiger partial charge in [-0.2, -0.15) is 0 Å². The monoisotopic (exact) mass is 497 g/mol. The van der Waals surface area contributed by atoms with Gasteiger partial charge in [-0.15, -0.1) is 11.3 Å². The van der Waals surface area contributed by atoms with Crippen molar-refractivity contribution in [1.29, 1.82) is 0 Å². The molecule has 2 heterocycles. The molecule has 1 aromatic carbocycles. The van der Waals surface area contributed by atoms with E-state index in [1.807, 2.05) is 19.5 Å². The number of thiazole rings is 1. The Morgan fingerprint density at radius 1 is 1.21 bits per heavy atom. The van der Waals surface area contributed by atoms with Crippen LogP contribution in [0.2, 0.25) is 0 Å². The van der Waals surface area contributed by atoms with Crippen LogP contribution in [0.4, 0.5) is 11.4 Å². The maximum atomic E-state index is 12.5. The summed E-state index contributed by atoms with van der Waals surface area (Å²) in [5.41, 5.74) is 4.21. The van der Waals surface area contributed by atoms with Crippen LogP contribution in [0.5, 0.6) is 0 Å². The third-order valence-electron chi connectivity index (χ3n) is 6.64. The highest BCUT2D eigenvalue weighted by Crippen LogP contribution is 2.31. The Morgan fingerprint density at radius 3 is 2.65 bits per heavy atom. The number of piperidine rings is 1. The first-order chi connectivity index (χ1) is 16.5. The molecule has 0 bridgehead atoms. The van der Waals surface area contributed by atoms with E-state index in [1.165, 1.54) is 31.3 Å². The number of likely N-dealkylation sites (tertiary alicyclic amines) is 1. The number of hydrogen-bond acceptors (Lipinski definition) is 5. The molecule has 1 aliphatic carbocycles. The molecule has 1 aromatic heterocycles. The van der Waals surface area contributed by atoms with Gasteiger partial charge in [0.2, 0.25) is 0 Å². The Bertz CT molecular complexity index is 1010. The number of allylic oxidation sites excluding steroid dienone is 1. The zero-order valence-electron chi connectivity index (χ0n) is 20.2. The maximum Gasteiger partial charge on any atom is 0.270 e. The SMILES string of the molecule is CN(C)c1ccc(NC(=S)N2CCC(c3nc(C(=O)NCCC4=CCCCC4)cs3)CC2)cc1. The topological polar surface area (TPSA) is 60.5 Å². The maximum absolute atomic E-state index is 12.5. The highest BCUT2D eigenvalue weighted by Gasteiger charge is 2.25. The lowest BCUT2D eigenvalue weighted by molar-refractivity contribution is 0.0949. The van der Waals surface area contributed by atoms with E-state index in [9.17, 15) is 4.79 Å². The van der Waals surface area contributed by atoms with E-state index in [4.69, 9.17) is 12.2 Å². The number of nitrogens with one attached hydrogen (secondary N) is 2. The molecule has 4 rings (SSSR count). The van der Waals surface area contributed by atoms with E-state index in [2.05, 4.69) is 55.8 Å². The van der Waals surface area contributed by atoms with Crippen LogP contribution in [0.25, 0.3) is 0 Å². The standard InChI is InChI=1S/C26H35N5OS2/c1-30(2)22-10-8-21(9-11-22)28-26(33)31-16-13-20(14-17-31)25-29-23(18-34-25)24(32)27-15-12-19-6-4-3-5-7-19/h6,8-11,18,20H,3-5,7,12-17H2,1-2H3,(H,27,32)(H,28,33). The van der Waals surface area contributed by atoms with Crippen molar-refractivity contribution in [3.05, 3.63) is 52.0 Å². The number of hydrogen-bond donors (Lipinski definition) is 2. The van der Waals surface area contributed by atoms with Crippen molar-refractivity contribution < 1.29 is 4.79 Å². The highest BCUT2D eigenvalue weighted by atomic mass is 32.1. The van der Waals surface area contributed by atoms with Crippen molar-refractivity contribution in [1.82, 2.24) is 15.2 Å². The Morgan fingerprint density at radius 2 is 1.97 bits per heavy atom. The Labute approximate surface area is 212 Å². The largest absolute Gasteiger partial charge is 0.378 e. The number of rotatable bonds is 7. The Kier molecular flexibility index (Phi) is 8.56. The quantitative estimate of drug-likeness (QED) is 0.394. The molecular weight excluding hydrogens is 462 g/mol. The average molecular weight is 498 g/mol. The van der Waals surface area contributed by atoms with Gasteiger partial charge >= 0.3 is 0 Å². The summed E-state index contributed by atoms with van der Waals surface area (Å²) in [7, 11) is 4.07. The molecule has 8 heteroatoms. The van der Waals surface area contributed by atoms with Gasteiger partial charge in [0, 0.05) is 56.4 Å². The zero-order chi connectivity index (χ0) is 23.9. The van der Waals surface area contributed by atoms with Crippen LogP contribution >= 0.6 is 23.6 Å². The van der Waals surface area contributed by atoms with Crippen LogP contribution in [0.1, 0.15) is 66.4 Å². The van der Waals surface area contributed by atoms with Gasteiger partial charge in [0.1, 0.15) is 5.69 Å². The van der Waals surface area contributed by atoms with Crippen LogP contribution in [0.3, 0.4) is 0 Å². The van der Waals surface area contributed by atoms with E-state index in [0.717, 1.165) is 53.8 Å². The van der Waals surface area contributed by atoms with Gasteiger partial charge in [-0.1, -0.05) is 11.6 Å². The molecule has 182 valence electrons. The molecule has 1 amide bonds. The first-order valence-corrected chi connectivity index (χ1v) is 13.5. The number of anilines is 2. The molecule has 6 nitrogen and oxygen atoms in total. The van der Waals surface area contributed by atoms with Gasteiger partial charge in [-0.25, -0.2) is 4.98 Å². The Balaban J connectivity index is 1.22. The van der Waals surface area contributed by atoms with Crippen LogP contribution in [0.15, 0.2) is 41.3 Å². The Hall–Kier alpha value is -2.45. The molecule has 0 spiro atoms. The molecule has 2 aliphatic rings. The van der Waals surface area contributed by atoms with E-state index in [-0.39, 0.29) is 5.91 Å². The second-order valence-electron chi connectivity index (χ2n) is 9.32. The molecule has 34 heavy (non-hydrogen) atoms. The predicted molar refractivity (Wildman–Crippen MR) is 146 cm³/mol. The summed E-state index contributed by atoms with van der Waals surface area (Å²) in [5, 5.41) is 10.1. The van der Waals surface area contributed by atoms with Gasteiger partial charge in [0.05, 0.1) is 5.01 Å².